The first-order valence-electron chi connectivity index (χ1n) is 9.26. The van der Waals surface area contributed by atoms with Crippen molar-refractivity contribution in [1.29, 1.82) is 0 Å². The van der Waals surface area contributed by atoms with Crippen molar-refractivity contribution >= 4 is 11.9 Å². The Balaban J connectivity index is 2.55. The molecule has 1 aromatic rings. The number of carbonyl (C=O) groups is 2. The normalized spacial score (nSPS) is 13.9. The molecular weight excluding hydrogens is 479 g/mol. The summed E-state index contributed by atoms with van der Waals surface area (Å²) in [7, 11) is 0. The van der Waals surface area contributed by atoms with Gasteiger partial charge in [-0.15, -0.1) is 0 Å². The number of halogens is 9. The maximum atomic E-state index is 13.3. The van der Waals surface area contributed by atoms with Crippen molar-refractivity contribution < 1.29 is 63.3 Å². The van der Waals surface area contributed by atoms with Crippen molar-refractivity contribution in [3.05, 3.63) is 24.3 Å². The Hall–Kier alpha value is -2.67. The van der Waals surface area contributed by atoms with Crippen molar-refractivity contribution in [3.63, 3.8) is 0 Å². The molecule has 0 N–H and O–H groups in total. The van der Waals surface area contributed by atoms with Crippen LogP contribution in [0.15, 0.2) is 24.3 Å². The standard InChI is InChI=1S/C19H19F9O5/c1-3-11(2)15(30)33-13-6-4-12(5-7-13)32-10-14(29)31-9-8-16(20,21)17(22,23)18(24,25)19(26,27)28/h4-7,11H,3,8-10H2,1-2H3. The summed E-state index contributed by atoms with van der Waals surface area (Å²) < 4.78 is 129. The number of esters is 2. The van der Waals surface area contributed by atoms with Gasteiger partial charge in [-0.3, -0.25) is 4.79 Å². The van der Waals surface area contributed by atoms with Crippen LogP contribution in [0.3, 0.4) is 0 Å². The van der Waals surface area contributed by atoms with Crippen molar-refractivity contribution in [2.24, 2.45) is 5.92 Å². The monoisotopic (exact) mass is 498 g/mol. The van der Waals surface area contributed by atoms with E-state index in [0.29, 0.717) is 6.42 Å². The highest BCUT2D eigenvalue weighted by Gasteiger charge is 2.81. The molecule has 1 unspecified atom stereocenters. The van der Waals surface area contributed by atoms with Gasteiger partial charge >= 0.3 is 35.9 Å². The molecule has 0 spiro atoms. The molecule has 188 valence electrons. The Kier molecular flexibility index (Phi) is 9.03. The number of carbonyl (C=O) groups excluding carboxylic acids is 2. The lowest BCUT2D eigenvalue weighted by Gasteiger charge is -2.33. The molecule has 0 aliphatic heterocycles. The summed E-state index contributed by atoms with van der Waals surface area (Å²) in [4.78, 5) is 23.1. The topological polar surface area (TPSA) is 61.8 Å². The van der Waals surface area contributed by atoms with E-state index in [1.807, 2.05) is 0 Å². The average Bonchev–Trinajstić information content (AvgIpc) is 2.71. The summed E-state index contributed by atoms with van der Waals surface area (Å²) >= 11 is 0. The zero-order valence-electron chi connectivity index (χ0n) is 17.2. The first-order valence-corrected chi connectivity index (χ1v) is 9.26. The summed E-state index contributed by atoms with van der Waals surface area (Å²) in [6.07, 6.45) is -8.67. The van der Waals surface area contributed by atoms with Gasteiger partial charge in [-0.25, -0.2) is 4.79 Å². The number of hydrogen-bond donors (Lipinski definition) is 0. The third-order valence-corrected chi connectivity index (χ3v) is 4.30. The molecule has 0 fully saturated rings. The molecular formula is C19H19F9O5. The van der Waals surface area contributed by atoms with E-state index in [0.717, 1.165) is 0 Å². The highest BCUT2D eigenvalue weighted by Crippen LogP contribution is 2.53. The van der Waals surface area contributed by atoms with Crippen LogP contribution in [0.1, 0.15) is 26.7 Å². The van der Waals surface area contributed by atoms with Crippen LogP contribution in [0.25, 0.3) is 0 Å². The van der Waals surface area contributed by atoms with Crippen molar-refractivity contribution in [1.82, 2.24) is 0 Å². The first kappa shape index (κ1) is 28.4. The lowest BCUT2D eigenvalue weighted by molar-refractivity contribution is -0.397. The van der Waals surface area contributed by atoms with Gasteiger partial charge < -0.3 is 14.2 Å². The summed E-state index contributed by atoms with van der Waals surface area (Å²) in [5.74, 6) is -21.6. The fourth-order valence-electron chi connectivity index (χ4n) is 2.03. The second-order valence-corrected chi connectivity index (χ2v) is 6.81. The van der Waals surface area contributed by atoms with Crippen molar-refractivity contribution in [2.45, 2.75) is 50.6 Å². The molecule has 1 atom stereocenters. The second-order valence-electron chi connectivity index (χ2n) is 6.81. The summed E-state index contributed by atoms with van der Waals surface area (Å²) in [5.41, 5.74) is 0. The highest BCUT2D eigenvalue weighted by molar-refractivity contribution is 5.74. The van der Waals surface area contributed by atoms with E-state index >= 15 is 0 Å². The number of alkyl halides is 9. The minimum atomic E-state index is -7.01. The molecule has 14 heteroatoms. The number of ether oxygens (including phenoxy) is 3. The van der Waals surface area contributed by atoms with Crippen LogP contribution in [0, 0.1) is 5.92 Å². The van der Waals surface area contributed by atoms with E-state index in [9.17, 15) is 49.1 Å². The predicted octanol–water partition coefficient (Wildman–Crippen LogP) is 5.42. The van der Waals surface area contributed by atoms with Crippen LogP contribution in [-0.2, 0) is 14.3 Å². The fourth-order valence-corrected chi connectivity index (χ4v) is 2.03. The molecule has 5 nitrogen and oxygen atoms in total. The zero-order valence-corrected chi connectivity index (χ0v) is 17.2. The van der Waals surface area contributed by atoms with Gasteiger partial charge in [0.25, 0.3) is 0 Å². The minimum absolute atomic E-state index is 0.0250. The molecule has 0 bridgehead atoms. The van der Waals surface area contributed by atoms with Crippen LogP contribution in [0.5, 0.6) is 11.5 Å². The van der Waals surface area contributed by atoms with Gasteiger partial charge in [0.15, 0.2) is 6.61 Å². The van der Waals surface area contributed by atoms with Crippen LogP contribution >= 0.6 is 0 Å². The van der Waals surface area contributed by atoms with Gasteiger partial charge in [-0.1, -0.05) is 13.8 Å². The van der Waals surface area contributed by atoms with Gasteiger partial charge in [0, 0.05) is 0 Å². The third-order valence-electron chi connectivity index (χ3n) is 4.30. The summed E-state index contributed by atoms with van der Waals surface area (Å²) in [6, 6.07) is 5.15. The zero-order chi connectivity index (χ0) is 25.7. The van der Waals surface area contributed by atoms with E-state index in [2.05, 4.69) is 4.74 Å². The SMILES string of the molecule is CCC(C)C(=O)Oc1ccc(OCC(=O)OCCC(F)(F)C(F)(F)C(F)(F)C(F)(F)F)cc1. The van der Waals surface area contributed by atoms with Crippen molar-refractivity contribution in [3.8, 4) is 11.5 Å². The first-order chi connectivity index (χ1) is 15.0. The number of rotatable bonds is 11. The Morgan fingerprint density at radius 2 is 1.39 bits per heavy atom. The van der Waals surface area contributed by atoms with Gasteiger partial charge in [0.1, 0.15) is 11.5 Å². The van der Waals surface area contributed by atoms with E-state index in [1.165, 1.54) is 24.3 Å². The summed E-state index contributed by atoms with van der Waals surface area (Å²) in [5, 5.41) is 0. The Morgan fingerprint density at radius 3 is 1.88 bits per heavy atom. The third kappa shape index (κ3) is 6.90. The molecule has 0 aliphatic carbocycles. The minimum Gasteiger partial charge on any atom is -0.482 e. The largest absolute Gasteiger partial charge is 0.482 e. The Morgan fingerprint density at radius 1 is 0.879 bits per heavy atom. The molecule has 33 heavy (non-hydrogen) atoms. The molecule has 1 aromatic carbocycles. The molecule has 0 amide bonds. The molecule has 0 heterocycles. The van der Waals surface area contributed by atoms with Gasteiger partial charge in [-0.05, 0) is 30.7 Å². The molecule has 1 rings (SSSR count). The smallest absolute Gasteiger partial charge is 0.460 e. The predicted molar refractivity (Wildman–Crippen MR) is 93.5 cm³/mol. The maximum Gasteiger partial charge on any atom is 0.460 e. The Labute approximate surface area is 181 Å². The van der Waals surface area contributed by atoms with Crippen LogP contribution < -0.4 is 9.47 Å². The summed E-state index contributed by atoms with van der Waals surface area (Å²) in [6.45, 7) is 0.937. The van der Waals surface area contributed by atoms with E-state index in [4.69, 9.17) is 9.47 Å². The fraction of sp³-hybridized carbons (Fsp3) is 0.579. The molecule has 0 radical (unpaired) electrons. The quantitative estimate of drug-likeness (QED) is 0.232. The van der Waals surface area contributed by atoms with Crippen LogP contribution in [0.2, 0.25) is 0 Å². The second kappa shape index (κ2) is 10.5. The average molecular weight is 498 g/mol. The molecule has 0 saturated carbocycles. The maximum absolute atomic E-state index is 13.3. The number of benzene rings is 1. The van der Waals surface area contributed by atoms with Gasteiger partial charge in [0.2, 0.25) is 0 Å². The highest BCUT2D eigenvalue weighted by atomic mass is 19.4. The van der Waals surface area contributed by atoms with Gasteiger partial charge in [0.05, 0.1) is 18.9 Å². The van der Waals surface area contributed by atoms with E-state index < -0.39 is 55.5 Å². The lowest BCUT2D eigenvalue weighted by Crippen LogP contribution is -2.61. The van der Waals surface area contributed by atoms with Crippen molar-refractivity contribution in [2.75, 3.05) is 13.2 Å². The molecule has 0 aromatic heterocycles. The van der Waals surface area contributed by atoms with Crippen LogP contribution in [0.4, 0.5) is 39.5 Å². The number of hydrogen-bond acceptors (Lipinski definition) is 5. The van der Waals surface area contributed by atoms with Gasteiger partial charge in [-0.2, -0.15) is 39.5 Å². The molecule has 0 saturated heterocycles. The lowest BCUT2D eigenvalue weighted by atomic mass is 10.0. The van der Waals surface area contributed by atoms with Crippen LogP contribution in [-0.4, -0.2) is 49.1 Å². The Bertz CT molecular complexity index is 807. The van der Waals surface area contributed by atoms with E-state index in [-0.39, 0.29) is 17.4 Å². The molecule has 0 aliphatic rings. The van der Waals surface area contributed by atoms with E-state index in [1.54, 1.807) is 13.8 Å².